The Morgan fingerprint density at radius 3 is 2.45 bits per heavy atom. The molecule has 1 aliphatic heterocycles. The normalized spacial score (nSPS) is 25.2. The SMILES string of the molecule is COc1ccc(-c2cc(=O)c3c(O)cc(OC4OC(CO)C(O)C(C)C4O)cc3o2)cc1O. The number of aromatic hydroxyl groups is 2. The van der Waals surface area contributed by atoms with Gasteiger partial charge in [0, 0.05) is 29.7 Å². The van der Waals surface area contributed by atoms with Gasteiger partial charge in [-0.1, -0.05) is 6.92 Å². The van der Waals surface area contributed by atoms with E-state index in [1.54, 1.807) is 13.0 Å². The number of methoxy groups -OCH3 is 1. The number of phenolic OH excluding ortho intramolecular Hbond substituents is 2. The van der Waals surface area contributed by atoms with Gasteiger partial charge in [0.05, 0.1) is 19.8 Å². The fraction of sp³-hybridized carbons (Fsp3) is 0.348. The summed E-state index contributed by atoms with van der Waals surface area (Å²) in [6, 6.07) is 8.20. The molecule has 0 radical (unpaired) electrons. The van der Waals surface area contributed by atoms with Crippen LogP contribution >= 0.6 is 0 Å². The zero-order valence-corrected chi connectivity index (χ0v) is 17.8. The van der Waals surface area contributed by atoms with Crippen molar-refractivity contribution in [3.05, 3.63) is 46.6 Å². The van der Waals surface area contributed by atoms with Crippen LogP contribution in [0.25, 0.3) is 22.3 Å². The van der Waals surface area contributed by atoms with Gasteiger partial charge in [-0.3, -0.25) is 4.79 Å². The highest BCUT2D eigenvalue weighted by molar-refractivity contribution is 5.86. The first-order valence-electron chi connectivity index (χ1n) is 10.2. The van der Waals surface area contributed by atoms with Crippen LogP contribution < -0.4 is 14.9 Å². The van der Waals surface area contributed by atoms with Gasteiger partial charge in [0.25, 0.3) is 0 Å². The Labute approximate surface area is 187 Å². The Kier molecular flexibility index (Phi) is 6.17. The number of aliphatic hydroxyl groups is 3. The zero-order valence-electron chi connectivity index (χ0n) is 17.8. The second kappa shape index (κ2) is 8.91. The maximum Gasteiger partial charge on any atom is 0.226 e. The molecule has 5 N–H and O–H groups in total. The minimum atomic E-state index is -1.24. The number of hydrogen-bond acceptors (Lipinski definition) is 10. The Bertz CT molecular complexity index is 1220. The summed E-state index contributed by atoms with van der Waals surface area (Å²) in [6.45, 7) is 1.11. The second-order valence-electron chi connectivity index (χ2n) is 7.86. The molecule has 10 heteroatoms. The van der Waals surface area contributed by atoms with Crippen LogP contribution in [0.3, 0.4) is 0 Å². The quantitative estimate of drug-likeness (QED) is 0.376. The largest absolute Gasteiger partial charge is 0.507 e. The molecule has 0 bridgehead atoms. The maximum absolute atomic E-state index is 12.6. The van der Waals surface area contributed by atoms with E-state index in [4.69, 9.17) is 18.6 Å². The molecule has 0 aliphatic carbocycles. The number of hydrogen-bond donors (Lipinski definition) is 5. The third-order valence-electron chi connectivity index (χ3n) is 5.73. The van der Waals surface area contributed by atoms with Crippen molar-refractivity contribution in [2.75, 3.05) is 13.7 Å². The molecule has 10 nitrogen and oxygen atoms in total. The van der Waals surface area contributed by atoms with Crippen LogP contribution in [0.15, 0.2) is 45.6 Å². The Morgan fingerprint density at radius 1 is 1.03 bits per heavy atom. The van der Waals surface area contributed by atoms with Crippen molar-refractivity contribution in [2.24, 2.45) is 5.92 Å². The van der Waals surface area contributed by atoms with Gasteiger partial charge >= 0.3 is 0 Å². The summed E-state index contributed by atoms with van der Waals surface area (Å²) >= 11 is 0. The molecule has 2 heterocycles. The van der Waals surface area contributed by atoms with Crippen LogP contribution in [0.5, 0.6) is 23.0 Å². The first kappa shape index (κ1) is 22.9. The summed E-state index contributed by atoms with van der Waals surface area (Å²) in [7, 11) is 1.41. The molecule has 0 spiro atoms. The molecule has 4 rings (SSSR count). The van der Waals surface area contributed by atoms with E-state index in [1.165, 1.54) is 37.4 Å². The lowest BCUT2D eigenvalue weighted by atomic mass is 9.91. The number of ether oxygens (including phenoxy) is 3. The summed E-state index contributed by atoms with van der Waals surface area (Å²) in [6.07, 6.45) is -4.52. The first-order valence-corrected chi connectivity index (χ1v) is 10.2. The van der Waals surface area contributed by atoms with E-state index in [0.29, 0.717) is 5.56 Å². The molecule has 0 saturated carbocycles. The molecule has 0 amide bonds. The lowest BCUT2D eigenvalue weighted by molar-refractivity contribution is -0.260. The molecule has 176 valence electrons. The van der Waals surface area contributed by atoms with Crippen molar-refractivity contribution in [2.45, 2.75) is 31.5 Å². The van der Waals surface area contributed by atoms with Crippen molar-refractivity contribution in [1.82, 2.24) is 0 Å². The number of rotatable bonds is 5. The van der Waals surface area contributed by atoms with Gasteiger partial charge in [0.2, 0.25) is 6.29 Å². The first-order chi connectivity index (χ1) is 15.7. The monoisotopic (exact) mass is 460 g/mol. The van der Waals surface area contributed by atoms with Crippen LogP contribution in [0, 0.1) is 5.92 Å². The average molecular weight is 460 g/mol. The third-order valence-corrected chi connectivity index (χ3v) is 5.73. The van der Waals surface area contributed by atoms with Gasteiger partial charge in [0.15, 0.2) is 16.9 Å². The lowest BCUT2D eigenvalue weighted by Crippen LogP contribution is -2.56. The molecule has 1 fully saturated rings. The number of fused-ring (bicyclic) bond motifs is 1. The van der Waals surface area contributed by atoms with Gasteiger partial charge in [-0.05, 0) is 18.2 Å². The van der Waals surface area contributed by atoms with Crippen molar-refractivity contribution < 1.29 is 44.2 Å². The van der Waals surface area contributed by atoms with Gasteiger partial charge in [-0.15, -0.1) is 0 Å². The highest BCUT2D eigenvalue weighted by Gasteiger charge is 2.43. The summed E-state index contributed by atoms with van der Waals surface area (Å²) in [5.41, 5.74) is -0.116. The van der Waals surface area contributed by atoms with E-state index in [-0.39, 0.29) is 34.0 Å². The van der Waals surface area contributed by atoms with Crippen LogP contribution in [0.2, 0.25) is 0 Å². The topological polar surface area (TPSA) is 159 Å². The van der Waals surface area contributed by atoms with Crippen molar-refractivity contribution >= 4 is 11.0 Å². The molecule has 5 atom stereocenters. The maximum atomic E-state index is 12.6. The van der Waals surface area contributed by atoms with Crippen LogP contribution in [-0.4, -0.2) is 63.9 Å². The van der Waals surface area contributed by atoms with Gasteiger partial charge in [0.1, 0.15) is 40.4 Å². The number of benzene rings is 2. The summed E-state index contributed by atoms with van der Waals surface area (Å²) in [4.78, 5) is 12.6. The minimum absolute atomic E-state index is 0.0000940. The molecular formula is C23H24O10. The highest BCUT2D eigenvalue weighted by atomic mass is 16.7. The molecule has 1 aliphatic rings. The number of aliphatic hydroxyl groups excluding tert-OH is 3. The second-order valence-corrected chi connectivity index (χ2v) is 7.86. The van der Waals surface area contributed by atoms with Crippen molar-refractivity contribution in [3.63, 3.8) is 0 Å². The smallest absolute Gasteiger partial charge is 0.226 e. The van der Waals surface area contributed by atoms with Crippen LogP contribution in [-0.2, 0) is 4.74 Å². The van der Waals surface area contributed by atoms with E-state index in [9.17, 15) is 30.3 Å². The molecule has 1 aromatic heterocycles. The Balaban J connectivity index is 1.71. The van der Waals surface area contributed by atoms with E-state index in [1.807, 2.05) is 0 Å². The summed E-state index contributed by atoms with van der Waals surface area (Å²) < 4.78 is 21.9. The predicted octanol–water partition coefficient (Wildman–Crippen LogP) is 1.33. The molecule has 33 heavy (non-hydrogen) atoms. The van der Waals surface area contributed by atoms with Crippen LogP contribution in [0.1, 0.15) is 6.92 Å². The van der Waals surface area contributed by atoms with Crippen molar-refractivity contribution in [3.8, 4) is 34.3 Å². The van der Waals surface area contributed by atoms with Gasteiger partial charge < -0.3 is 44.2 Å². The van der Waals surface area contributed by atoms with E-state index >= 15 is 0 Å². The van der Waals surface area contributed by atoms with E-state index in [0.717, 1.165) is 0 Å². The standard InChI is InChI=1S/C23H24O10/c1-10-21(28)19(9-24)33-23(22(10)29)31-12-6-14(26)20-15(27)8-17(32-18(20)7-12)11-3-4-16(30-2)13(25)5-11/h3-8,10,19,21-26,28-29H,9H2,1-2H3. The third kappa shape index (κ3) is 4.21. The zero-order chi connectivity index (χ0) is 23.9. The summed E-state index contributed by atoms with van der Waals surface area (Å²) in [5.74, 6) is -0.785. The summed E-state index contributed by atoms with van der Waals surface area (Å²) in [5, 5.41) is 50.3. The molecule has 2 aromatic carbocycles. The number of phenols is 2. The molecule has 1 saturated heterocycles. The molecular weight excluding hydrogens is 436 g/mol. The lowest BCUT2D eigenvalue weighted by Gasteiger charge is -2.40. The predicted molar refractivity (Wildman–Crippen MR) is 115 cm³/mol. The van der Waals surface area contributed by atoms with E-state index < -0.39 is 48.3 Å². The average Bonchev–Trinajstić information content (AvgIpc) is 2.78. The van der Waals surface area contributed by atoms with Crippen LogP contribution in [0.4, 0.5) is 0 Å². The van der Waals surface area contributed by atoms with Gasteiger partial charge in [-0.25, -0.2) is 0 Å². The Hall–Kier alpha value is -3.31. The van der Waals surface area contributed by atoms with E-state index in [2.05, 4.69) is 0 Å². The fourth-order valence-corrected chi connectivity index (χ4v) is 3.80. The Morgan fingerprint density at radius 2 is 1.79 bits per heavy atom. The van der Waals surface area contributed by atoms with Gasteiger partial charge in [-0.2, -0.15) is 0 Å². The van der Waals surface area contributed by atoms with Crippen molar-refractivity contribution in [1.29, 1.82) is 0 Å². The molecule has 5 unspecified atom stereocenters. The highest BCUT2D eigenvalue weighted by Crippen LogP contribution is 2.35. The minimum Gasteiger partial charge on any atom is -0.507 e. The molecule has 3 aromatic rings. The fourth-order valence-electron chi connectivity index (χ4n) is 3.80.